The van der Waals surface area contributed by atoms with Gasteiger partial charge in [-0.05, 0) is 61.4 Å². The third-order valence-electron chi connectivity index (χ3n) is 3.60. The molecule has 0 saturated carbocycles. The van der Waals surface area contributed by atoms with Gasteiger partial charge in [-0.2, -0.15) is 0 Å². The predicted octanol–water partition coefficient (Wildman–Crippen LogP) is 4.84. The zero-order valence-corrected chi connectivity index (χ0v) is 15.4. The van der Waals surface area contributed by atoms with Gasteiger partial charge in [0.15, 0.2) is 0 Å². The highest BCUT2D eigenvalue weighted by molar-refractivity contribution is 7.98. The molecule has 7 heteroatoms. The normalized spacial score (nSPS) is 10.7. The van der Waals surface area contributed by atoms with Crippen LogP contribution in [0.3, 0.4) is 0 Å². The van der Waals surface area contributed by atoms with E-state index >= 15 is 0 Å². The number of aryl methyl sites for hydroxylation is 2. The number of halogens is 1. The molecule has 0 fully saturated rings. The molecule has 0 aliphatic carbocycles. The van der Waals surface area contributed by atoms with E-state index in [1.807, 2.05) is 0 Å². The Morgan fingerprint density at radius 3 is 2.60 bits per heavy atom. The van der Waals surface area contributed by atoms with Crippen LogP contribution in [0.2, 0.25) is 0 Å². The summed E-state index contributed by atoms with van der Waals surface area (Å²) >= 11 is 2.92. The second-order valence-electron chi connectivity index (χ2n) is 5.50. The fraction of sp³-hybridized carbons (Fsp3) is 0.167. The van der Waals surface area contributed by atoms with Gasteiger partial charge in [0.1, 0.15) is 10.8 Å². The average Bonchev–Trinajstić information content (AvgIpc) is 3.07. The van der Waals surface area contributed by atoms with Crippen LogP contribution in [0, 0.1) is 19.7 Å². The van der Waals surface area contributed by atoms with E-state index in [4.69, 9.17) is 0 Å². The van der Waals surface area contributed by atoms with Crippen LogP contribution < -0.4 is 5.32 Å². The van der Waals surface area contributed by atoms with E-state index in [2.05, 4.69) is 47.6 Å². The van der Waals surface area contributed by atoms with E-state index in [-0.39, 0.29) is 11.7 Å². The molecule has 0 saturated heterocycles. The molecule has 0 aliphatic heterocycles. The SMILES string of the molecule is Cc1ccc(SCc2nnc(C(=O)Nc3ccc(F)cc3)s2)cc1C. The minimum Gasteiger partial charge on any atom is -0.320 e. The van der Waals surface area contributed by atoms with Crippen LogP contribution in [-0.2, 0) is 5.75 Å². The largest absolute Gasteiger partial charge is 0.320 e. The molecule has 1 amide bonds. The van der Waals surface area contributed by atoms with Gasteiger partial charge >= 0.3 is 0 Å². The zero-order chi connectivity index (χ0) is 17.8. The van der Waals surface area contributed by atoms with E-state index in [1.165, 1.54) is 46.7 Å². The monoisotopic (exact) mass is 373 g/mol. The van der Waals surface area contributed by atoms with Gasteiger partial charge in [0.2, 0.25) is 5.01 Å². The van der Waals surface area contributed by atoms with Crippen molar-refractivity contribution in [3.63, 3.8) is 0 Å². The van der Waals surface area contributed by atoms with Crippen molar-refractivity contribution in [1.82, 2.24) is 10.2 Å². The summed E-state index contributed by atoms with van der Waals surface area (Å²) in [7, 11) is 0. The number of benzene rings is 2. The third-order valence-corrected chi connectivity index (χ3v) is 5.71. The molecule has 1 N–H and O–H groups in total. The van der Waals surface area contributed by atoms with E-state index in [0.717, 1.165) is 9.90 Å². The van der Waals surface area contributed by atoms with Crippen LogP contribution in [-0.4, -0.2) is 16.1 Å². The maximum Gasteiger partial charge on any atom is 0.286 e. The molecule has 0 unspecified atom stereocenters. The van der Waals surface area contributed by atoms with Crippen LogP contribution in [0.5, 0.6) is 0 Å². The van der Waals surface area contributed by atoms with Crippen molar-refractivity contribution in [3.05, 3.63) is 69.4 Å². The summed E-state index contributed by atoms with van der Waals surface area (Å²) in [4.78, 5) is 13.3. The molecule has 0 spiro atoms. The quantitative estimate of drug-likeness (QED) is 0.650. The Labute approximate surface area is 153 Å². The summed E-state index contributed by atoms with van der Waals surface area (Å²) in [5, 5.41) is 11.8. The van der Waals surface area contributed by atoms with Crippen molar-refractivity contribution in [2.75, 3.05) is 5.32 Å². The van der Waals surface area contributed by atoms with E-state index in [1.54, 1.807) is 11.8 Å². The highest BCUT2D eigenvalue weighted by atomic mass is 32.2. The van der Waals surface area contributed by atoms with Crippen LogP contribution in [0.1, 0.15) is 25.9 Å². The Kier molecular flexibility index (Phi) is 5.45. The van der Waals surface area contributed by atoms with Crippen LogP contribution in [0.4, 0.5) is 10.1 Å². The Hall–Kier alpha value is -2.25. The summed E-state index contributed by atoms with van der Waals surface area (Å²) in [5.74, 6) is -0.0320. The first kappa shape index (κ1) is 17.6. The standard InChI is InChI=1S/C18H16FN3OS2/c1-11-3-8-15(9-12(11)2)24-10-16-21-22-18(25-16)17(23)20-14-6-4-13(19)5-7-14/h3-9H,10H2,1-2H3,(H,20,23). The van der Waals surface area contributed by atoms with Crippen LogP contribution in [0.15, 0.2) is 47.4 Å². The molecule has 3 rings (SSSR count). The number of anilines is 1. The van der Waals surface area contributed by atoms with Gasteiger partial charge in [-0.15, -0.1) is 22.0 Å². The molecule has 1 aromatic heterocycles. The number of amides is 1. The molecule has 4 nitrogen and oxygen atoms in total. The lowest BCUT2D eigenvalue weighted by atomic mass is 10.1. The number of carbonyl (C=O) groups excluding carboxylic acids is 1. The van der Waals surface area contributed by atoms with Gasteiger partial charge in [-0.3, -0.25) is 4.79 Å². The molecule has 0 radical (unpaired) electrons. The second-order valence-corrected chi connectivity index (χ2v) is 7.61. The fourth-order valence-electron chi connectivity index (χ4n) is 2.07. The Morgan fingerprint density at radius 2 is 1.88 bits per heavy atom. The molecule has 0 bridgehead atoms. The van der Waals surface area contributed by atoms with Gasteiger partial charge < -0.3 is 5.32 Å². The number of nitrogens with one attached hydrogen (secondary N) is 1. The smallest absolute Gasteiger partial charge is 0.286 e. The topological polar surface area (TPSA) is 54.9 Å². The second kappa shape index (κ2) is 7.76. The molecule has 2 aromatic carbocycles. The third kappa shape index (κ3) is 4.64. The molecular weight excluding hydrogens is 357 g/mol. The Balaban J connectivity index is 1.60. The fourth-order valence-corrected chi connectivity index (χ4v) is 3.79. The van der Waals surface area contributed by atoms with Crippen LogP contribution >= 0.6 is 23.1 Å². The number of carbonyl (C=O) groups is 1. The lowest BCUT2D eigenvalue weighted by Gasteiger charge is -2.03. The Morgan fingerprint density at radius 1 is 1.12 bits per heavy atom. The summed E-state index contributed by atoms with van der Waals surface area (Å²) in [5.41, 5.74) is 3.04. The molecule has 0 atom stereocenters. The van der Waals surface area contributed by atoms with E-state index in [9.17, 15) is 9.18 Å². The van der Waals surface area contributed by atoms with Crippen molar-refractivity contribution < 1.29 is 9.18 Å². The number of nitrogens with zero attached hydrogens (tertiary/aromatic N) is 2. The molecule has 128 valence electrons. The van der Waals surface area contributed by atoms with Crippen molar-refractivity contribution >= 4 is 34.7 Å². The van der Waals surface area contributed by atoms with Crippen molar-refractivity contribution in [3.8, 4) is 0 Å². The van der Waals surface area contributed by atoms with Gasteiger partial charge in [-0.25, -0.2) is 4.39 Å². The molecule has 1 heterocycles. The predicted molar refractivity (Wildman–Crippen MR) is 99.7 cm³/mol. The van der Waals surface area contributed by atoms with Gasteiger partial charge in [0.25, 0.3) is 5.91 Å². The van der Waals surface area contributed by atoms with E-state index in [0.29, 0.717) is 16.4 Å². The molecular formula is C18H16FN3OS2. The first-order valence-corrected chi connectivity index (χ1v) is 9.41. The average molecular weight is 373 g/mol. The molecule has 0 aliphatic rings. The zero-order valence-electron chi connectivity index (χ0n) is 13.7. The molecule has 25 heavy (non-hydrogen) atoms. The number of hydrogen-bond acceptors (Lipinski definition) is 5. The Bertz CT molecular complexity index is 894. The summed E-state index contributed by atoms with van der Waals surface area (Å²) < 4.78 is 12.9. The lowest BCUT2D eigenvalue weighted by Crippen LogP contribution is -2.11. The first-order valence-electron chi connectivity index (χ1n) is 7.60. The van der Waals surface area contributed by atoms with Gasteiger partial charge in [0, 0.05) is 10.6 Å². The maximum atomic E-state index is 12.9. The van der Waals surface area contributed by atoms with Crippen molar-refractivity contribution in [2.24, 2.45) is 0 Å². The van der Waals surface area contributed by atoms with Crippen molar-refractivity contribution in [1.29, 1.82) is 0 Å². The lowest BCUT2D eigenvalue weighted by molar-refractivity contribution is 0.102. The van der Waals surface area contributed by atoms with Gasteiger partial charge in [-0.1, -0.05) is 17.4 Å². The summed E-state index contributed by atoms with van der Waals surface area (Å²) in [6.07, 6.45) is 0. The van der Waals surface area contributed by atoms with E-state index < -0.39 is 0 Å². The number of hydrogen-bond donors (Lipinski definition) is 1. The molecule has 3 aromatic rings. The van der Waals surface area contributed by atoms with Gasteiger partial charge in [0.05, 0.1) is 5.75 Å². The minimum absolute atomic E-state index is 0.292. The van der Waals surface area contributed by atoms with Crippen LogP contribution in [0.25, 0.3) is 0 Å². The minimum atomic E-state index is -0.348. The van der Waals surface area contributed by atoms with Crippen molar-refractivity contribution in [2.45, 2.75) is 24.5 Å². The summed E-state index contributed by atoms with van der Waals surface area (Å²) in [6.45, 7) is 4.17. The number of rotatable bonds is 5. The highest BCUT2D eigenvalue weighted by Gasteiger charge is 2.13. The first-order chi connectivity index (χ1) is 12.0. The number of aromatic nitrogens is 2. The highest BCUT2D eigenvalue weighted by Crippen LogP contribution is 2.26. The maximum absolute atomic E-state index is 12.9. The summed E-state index contributed by atoms with van der Waals surface area (Å²) in [6, 6.07) is 11.9. The number of thioether (sulfide) groups is 1.